The fourth-order valence-electron chi connectivity index (χ4n) is 4.58. The van der Waals surface area contributed by atoms with Crippen molar-refractivity contribution in [1.29, 1.82) is 5.26 Å². The number of nitrogens with zero attached hydrogens (tertiary/aromatic N) is 1. The van der Waals surface area contributed by atoms with Crippen molar-refractivity contribution in [2.24, 2.45) is 17.8 Å². The summed E-state index contributed by atoms with van der Waals surface area (Å²) in [6, 6.07) is 2.10. The maximum Gasteiger partial charge on any atom is 0.0909 e. The average Bonchev–Trinajstić information content (AvgIpc) is 2.55. The molecule has 0 heterocycles. The topological polar surface area (TPSA) is 33.0 Å². The Bertz CT molecular complexity index is 366. The van der Waals surface area contributed by atoms with Crippen LogP contribution in [0.1, 0.15) is 71.1 Å². The molecule has 0 atom stereocenters. The van der Waals surface area contributed by atoms with E-state index in [9.17, 15) is 0 Å². The van der Waals surface area contributed by atoms with Crippen LogP contribution in [0.2, 0.25) is 0 Å². The summed E-state index contributed by atoms with van der Waals surface area (Å²) in [5.41, 5.74) is -0.161. The minimum absolute atomic E-state index is 0.161. The second-order valence-electron chi connectivity index (χ2n) is 7.14. The van der Waals surface area contributed by atoms with Crippen molar-refractivity contribution in [3.8, 4) is 6.07 Å². The van der Waals surface area contributed by atoms with Gasteiger partial charge in [0.15, 0.2) is 0 Å². The molecule has 0 aromatic rings. The van der Waals surface area contributed by atoms with E-state index in [2.05, 4.69) is 13.0 Å². The molecule has 21 heavy (non-hydrogen) atoms. The van der Waals surface area contributed by atoms with Gasteiger partial charge in [0, 0.05) is 13.2 Å². The van der Waals surface area contributed by atoms with Gasteiger partial charge in [-0.3, -0.25) is 0 Å². The second-order valence-corrected chi connectivity index (χ2v) is 7.14. The molecule has 0 unspecified atom stereocenters. The zero-order valence-electron chi connectivity index (χ0n) is 13.8. The molecule has 2 aliphatic carbocycles. The largest absolute Gasteiger partial charge is 0.374 e. The van der Waals surface area contributed by atoms with Gasteiger partial charge in [0.2, 0.25) is 0 Å². The van der Waals surface area contributed by atoms with E-state index in [0.29, 0.717) is 0 Å². The van der Waals surface area contributed by atoms with E-state index in [4.69, 9.17) is 10.00 Å². The Hall–Kier alpha value is -0.810. The van der Waals surface area contributed by atoms with Crippen LogP contribution in [0.4, 0.5) is 0 Å². The Labute approximate surface area is 130 Å². The standard InChI is InChI=1S/C19H31NO/c1-3-5-16-6-8-17(9-7-16)18-10-13-19(21-2,14-11-18)12-4-15-20/h4,12,16-18H,3,5-11,13-14H2,1-2H3. The SMILES string of the molecule is CCCC1CCC(C2CCC(C=CC#N)(OC)CC2)CC1. The first kappa shape index (κ1) is 16.6. The summed E-state index contributed by atoms with van der Waals surface area (Å²) in [5, 5.41) is 8.74. The fourth-order valence-corrected chi connectivity index (χ4v) is 4.58. The van der Waals surface area contributed by atoms with Crippen molar-refractivity contribution >= 4 is 0 Å². The molecule has 0 aromatic heterocycles. The molecule has 2 nitrogen and oxygen atoms in total. The van der Waals surface area contributed by atoms with E-state index < -0.39 is 0 Å². The summed E-state index contributed by atoms with van der Waals surface area (Å²) < 4.78 is 5.73. The Morgan fingerprint density at radius 1 is 1.10 bits per heavy atom. The third-order valence-corrected chi connectivity index (χ3v) is 6.00. The highest BCUT2D eigenvalue weighted by atomic mass is 16.5. The molecule has 0 N–H and O–H groups in total. The number of rotatable bonds is 5. The molecule has 0 aliphatic heterocycles. The van der Waals surface area contributed by atoms with Crippen LogP contribution in [0, 0.1) is 29.1 Å². The summed E-state index contributed by atoms with van der Waals surface area (Å²) in [7, 11) is 1.79. The smallest absolute Gasteiger partial charge is 0.0909 e. The average molecular weight is 289 g/mol. The minimum Gasteiger partial charge on any atom is -0.374 e. The fraction of sp³-hybridized carbons (Fsp3) is 0.842. The molecule has 0 saturated heterocycles. The highest BCUT2D eigenvalue weighted by Crippen LogP contribution is 2.44. The third-order valence-electron chi connectivity index (χ3n) is 6.00. The Morgan fingerprint density at radius 3 is 2.24 bits per heavy atom. The van der Waals surface area contributed by atoms with Crippen LogP contribution in [0.25, 0.3) is 0 Å². The monoisotopic (exact) mass is 289 g/mol. The number of hydrogen-bond donors (Lipinski definition) is 0. The molecule has 2 heteroatoms. The van der Waals surface area contributed by atoms with Crippen molar-refractivity contribution < 1.29 is 4.74 Å². The lowest BCUT2D eigenvalue weighted by Gasteiger charge is -2.41. The zero-order valence-corrected chi connectivity index (χ0v) is 13.8. The van der Waals surface area contributed by atoms with E-state index in [0.717, 1.165) is 30.6 Å². The lowest BCUT2D eigenvalue weighted by atomic mass is 9.67. The van der Waals surface area contributed by atoms with E-state index in [1.807, 2.05) is 6.08 Å². The van der Waals surface area contributed by atoms with E-state index in [1.54, 1.807) is 13.2 Å². The Kier molecular flexibility index (Phi) is 6.30. The van der Waals surface area contributed by atoms with Crippen LogP contribution in [-0.4, -0.2) is 12.7 Å². The van der Waals surface area contributed by atoms with Crippen molar-refractivity contribution in [2.45, 2.75) is 76.7 Å². The summed E-state index contributed by atoms with van der Waals surface area (Å²) in [5.74, 6) is 2.85. The van der Waals surface area contributed by atoms with Crippen LogP contribution in [0.3, 0.4) is 0 Å². The van der Waals surface area contributed by atoms with Gasteiger partial charge in [-0.15, -0.1) is 0 Å². The van der Waals surface area contributed by atoms with Gasteiger partial charge in [-0.25, -0.2) is 0 Å². The quantitative estimate of drug-likeness (QED) is 0.648. The highest BCUT2D eigenvalue weighted by molar-refractivity contribution is 5.12. The van der Waals surface area contributed by atoms with Gasteiger partial charge >= 0.3 is 0 Å². The second kappa shape index (κ2) is 7.99. The first-order valence-electron chi connectivity index (χ1n) is 8.85. The van der Waals surface area contributed by atoms with Gasteiger partial charge in [-0.05, 0) is 62.4 Å². The van der Waals surface area contributed by atoms with E-state index >= 15 is 0 Å². The maximum absolute atomic E-state index is 8.74. The van der Waals surface area contributed by atoms with Crippen LogP contribution in [0.15, 0.2) is 12.2 Å². The molecule has 2 aliphatic rings. The lowest BCUT2D eigenvalue weighted by Crippen LogP contribution is -2.36. The predicted molar refractivity (Wildman–Crippen MR) is 86.8 cm³/mol. The molecule has 0 radical (unpaired) electrons. The number of hydrogen-bond acceptors (Lipinski definition) is 2. The number of allylic oxidation sites excluding steroid dienone is 1. The van der Waals surface area contributed by atoms with E-state index in [-0.39, 0.29) is 5.60 Å². The molecular formula is C19H31NO. The van der Waals surface area contributed by atoms with Gasteiger partial charge < -0.3 is 4.74 Å². The lowest BCUT2D eigenvalue weighted by molar-refractivity contribution is -0.0200. The third kappa shape index (κ3) is 4.33. The minimum atomic E-state index is -0.161. The summed E-state index contributed by atoms with van der Waals surface area (Å²) in [6.07, 6.45) is 16.9. The van der Waals surface area contributed by atoms with Crippen molar-refractivity contribution in [2.75, 3.05) is 7.11 Å². The van der Waals surface area contributed by atoms with E-state index in [1.165, 1.54) is 51.4 Å². The zero-order chi connectivity index (χ0) is 15.1. The molecule has 2 rings (SSSR count). The Morgan fingerprint density at radius 2 is 1.71 bits per heavy atom. The van der Waals surface area contributed by atoms with Gasteiger partial charge in [-0.1, -0.05) is 32.6 Å². The first-order valence-corrected chi connectivity index (χ1v) is 8.85. The molecule has 2 saturated carbocycles. The van der Waals surface area contributed by atoms with Crippen molar-refractivity contribution in [3.63, 3.8) is 0 Å². The summed E-state index contributed by atoms with van der Waals surface area (Å²) >= 11 is 0. The molecule has 0 aromatic carbocycles. The molecule has 0 bridgehead atoms. The number of methoxy groups -OCH3 is 1. The van der Waals surface area contributed by atoms with Crippen molar-refractivity contribution in [1.82, 2.24) is 0 Å². The van der Waals surface area contributed by atoms with Gasteiger partial charge in [0.25, 0.3) is 0 Å². The van der Waals surface area contributed by atoms with Crippen LogP contribution < -0.4 is 0 Å². The summed E-state index contributed by atoms with van der Waals surface area (Å²) in [4.78, 5) is 0. The maximum atomic E-state index is 8.74. The normalized spacial score (nSPS) is 37.5. The first-order chi connectivity index (χ1) is 10.2. The van der Waals surface area contributed by atoms with Gasteiger partial charge in [0.05, 0.1) is 11.7 Å². The molecular weight excluding hydrogens is 258 g/mol. The predicted octanol–water partition coefficient (Wildman–Crippen LogP) is 5.25. The molecule has 118 valence electrons. The molecule has 0 amide bonds. The van der Waals surface area contributed by atoms with Crippen LogP contribution >= 0.6 is 0 Å². The summed E-state index contributed by atoms with van der Waals surface area (Å²) in [6.45, 7) is 2.31. The van der Waals surface area contributed by atoms with Gasteiger partial charge in [0.1, 0.15) is 0 Å². The highest BCUT2D eigenvalue weighted by Gasteiger charge is 2.36. The van der Waals surface area contributed by atoms with Gasteiger partial charge in [-0.2, -0.15) is 5.26 Å². The number of ether oxygens (including phenoxy) is 1. The number of nitriles is 1. The van der Waals surface area contributed by atoms with Crippen LogP contribution in [0.5, 0.6) is 0 Å². The molecule has 0 spiro atoms. The molecule has 2 fully saturated rings. The Balaban J connectivity index is 1.82. The van der Waals surface area contributed by atoms with Crippen molar-refractivity contribution in [3.05, 3.63) is 12.2 Å². The van der Waals surface area contributed by atoms with Crippen LogP contribution in [-0.2, 0) is 4.74 Å².